The van der Waals surface area contributed by atoms with Crippen molar-refractivity contribution in [2.45, 2.75) is 13.8 Å². The molecule has 0 amide bonds. The highest BCUT2D eigenvalue weighted by Crippen LogP contribution is 2.22. The third-order valence-corrected chi connectivity index (χ3v) is 3.38. The minimum absolute atomic E-state index is 0.0242. The minimum Gasteiger partial charge on any atom is -0.477 e. The summed E-state index contributed by atoms with van der Waals surface area (Å²) in [5, 5.41) is 12.0. The van der Waals surface area contributed by atoms with Gasteiger partial charge in [0, 0.05) is 15.9 Å². The van der Waals surface area contributed by atoms with Gasteiger partial charge in [-0.3, -0.25) is 0 Å². The monoisotopic (exact) mass is 321 g/mol. The summed E-state index contributed by atoms with van der Waals surface area (Å²) < 4.78 is 1.01. The lowest BCUT2D eigenvalue weighted by atomic mass is 10.2. The van der Waals surface area contributed by atoms with Crippen LogP contribution in [0.25, 0.3) is 0 Å². The first kappa shape index (κ1) is 13.5. The van der Waals surface area contributed by atoms with Crippen LogP contribution in [0.4, 0.5) is 11.6 Å². The van der Waals surface area contributed by atoms with Crippen molar-refractivity contribution < 1.29 is 9.90 Å². The Balaban J connectivity index is 2.32. The molecule has 0 fully saturated rings. The quantitative estimate of drug-likeness (QED) is 0.907. The number of aryl methyl sites for hydroxylation is 2. The Morgan fingerprint density at radius 1 is 1.26 bits per heavy atom. The molecule has 0 spiro atoms. The lowest BCUT2D eigenvalue weighted by molar-refractivity contribution is 0.0690. The Hall–Kier alpha value is -1.95. The topological polar surface area (TPSA) is 75.1 Å². The van der Waals surface area contributed by atoms with Crippen LogP contribution in [0.15, 0.2) is 28.7 Å². The molecule has 2 aromatic rings. The zero-order valence-electron chi connectivity index (χ0n) is 10.4. The van der Waals surface area contributed by atoms with Gasteiger partial charge in [0.25, 0.3) is 0 Å². The maximum Gasteiger partial charge on any atom is 0.354 e. The van der Waals surface area contributed by atoms with Crippen LogP contribution in [-0.2, 0) is 0 Å². The van der Waals surface area contributed by atoms with Gasteiger partial charge in [-0.05, 0) is 43.7 Å². The molecule has 19 heavy (non-hydrogen) atoms. The fraction of sp³-hybridized carbons (Fsp3) is 0.154. The van der Waals surface area contributed by atoms with Crippen molar-refractivity contribution in [3.63, 3.8) is 0 Å². The number of hydrogen-bond donors (Lipinski definition) is 2. The number of carboxylic acids is 1. The number of carbonyl (C=O) groups is 1. The number of nitrogens with one attached hydrogen (secondary N) is 1. The van der Waals surface area contributed by atoms with Gasteiger partial charge < -0.3 is 10.4 Å². The fourth-order valence-corrected chi connectivity index (χ4v) is 1.83. The fourth-order valence-electron chi connectivity index (χ4n) is 1.59. The summed E-state index contributed by atoms with van der Waals surface area (Å²) in [6.07, 6.45) is 0. The molecule has 0 saturated heterocycles. The van der Waals surface area contributed by atoms with E-state index in [1.54, 1.807) is 6.92 Å². The Bertz CT molecular complexity index is 644. The van der Waals surface area contributed by atoms with E-state index in [4.69, 9.17) is 5.11 Å². The molecular weight excluding hydrogens is 310 g/mol. The molecule has 0 radical (unpaired) electrons. The summed E-state index contributed by atoms with van der Waals surface area (Å²) in [7, 11) is 0. The van der Waals surface area contributed by atoms with Crippen molar-refractivity contribution in [2.24, 2.45) is 0 Å². The second-order valence-electron chi connectivity index (χ2n) is 4.11. The molecule has 5 nitrogen and oxygen atoms in total. The van der Waals surface area contributed by atoms with Crippen molar-refractivity contribution in [3.05, 3.63) is 45.7 Å². The van der Waals surface area contributed by atoms with Crippen molar-refractivity contribution in [2.75, 3.05) is 5.32 Å². The number of carboxylic acid groups (broad SMARTS) is 1. The molecule has 0 atom stereocenters. The van der Waals surface area contributed by atoms with Crippen LogP contribution in [0, 0.1) is 13.8 Å². The van der Waals surface area contributed by atoms with Crippen molar-refractivity contribution >= 4 is 33.5 Å². The zero-order valence-corrected chi connectivity index (χ0v) is 12.0. The van der Waals surface area contributed by atoms with E-state index in [9.17, 15) is 4.79 Å². The van der Waals surface area contributed by atoms with Gasteiger partial charge in [0.05, 0.1) is 0 Å². The average Bonchev–Trinajstić information content (AvgIpc) is 2.33. The van der Waals surface area contributed by atoms with E-state index in [1.807, 2.05) is 25.1 Å². The largest absolute Gasteiger partial charge is 0.477 e. The second-order valence-corrected chi connectivity index (χ2v) is 4.97. The predicted octanol–water partition coefficient (Wildman–Crippen LogP) is 3.30. The van der Waals surface area contributed by atoms with Gasteiger partial charge in [0.15, 0.2) is 5.69 Å². The number of aromatic carboxylic acids is 1. The summed E-state index contributed by atoms with van der Waals surface area (Å²) in [4.78, 5) is 19.0. The number of aromatic nitrogens is 2. The normalized spacial score (nSPS) is 10.3. The van der Waals surface area contributed by atoms with Gasteiger partial charge >= 0.3 is 5.97 Å². The van der Waals surface area contributed by atoms with Crippen LogP contribution in [0.1, 0.15) is 21.7 Å². The van der Waals surface area contributed by atoms with E-state index in [0.29, 0.717) is 5.69 Å². The number of halogens is 1. The number of nitrogens with zero attached hydrogens (tertiary/aromatic N) is 2. The van der Waals surface area contributed by atoms with Gasteiger partial charge in [-0.1, -0.05) is 15.9 Å². The first-order valence-corrected chi connectivity index (χ1v) is 6.37. The average molecular weight is 322 g/mol. The van der Waals surface area contributed by atoms with Gasteiger partial charge in [-0.15, -0.1) is 0 Å². The van der Waals surface area contributed by atoms with Crippen LogP contribution in [0.5, 0.6) is 0 Å². The maximum atomic E-state index is 10.9. The van der Waals surface area contributed by atoms with E-state index in [2.05, 4.69) is 31.2 Å². The van der Waals surface area contributed by atoms with E-state index in [0.717, 1.165) is 15.7 Å². The molecule has 2 N–H and O–H groups in total. The molecule has 1 aromatic heterocycles. The number of benzene rings is 1. The third kappa shape index (κ3) is 3.29. The van der Waals surface area contributed by atoms with Crippen LogP contribution in [0.3, 0.4) is 0 Å². The standard InChI is InChI=1S/C13H12BrN3O2/c1-7-5-9(3-4-10(7)14)16-13-15-8(2)6-11(17-13)12(18)19/h3-6H,1-2H3,(H,18,19)(H,15,16,17). The summed E-state index contributed by atoms with van der Waals surface area (Å²) >= 11 is 3.42. The van der Waals surface area contributed by atoms with Crippen molar-refractivity contribution in [3.8, 4) is 0 Å². The Labute approximate surface area is 118 Å². The second kappa shape index (κ2) is 5.36. The van der Waals surface area contributed by atoms with Gasteiger partial charge in [-0.25, -0.2) is 14.8 Å². The van der Waals surface area contributed by atoms with Gasteiger partial charge in [-0.2, -0.15) is 0 Å². The summed E-state index contributed by atoms with van der Waals surface area (Å²) in [5.74, 6) is -0.792. The summed E-state index contributed by atoms with van der Waals surface area (Å²) in [6.45, 7) is 3.70. The first-order chi connectivity index (χ1) is 8.95. The highest BCUT2D eigenvalue weighted by atomic mass is 79.9. The lowest BCUT2D eigenvalue weighted by Crippen LogP contribution is -2.06. The molecule has 0 bridgehead atoms. The first-order valence-electron chi connectivity index (χ1n) is 5.58. The molecular formula is C13H12BrN3O2. The van der Waals surface area contributed by atoms with Crippen LogP contribution < -0.4 is 5.32 Å². The lowest BCUT2D eigenvalue weighted by Gasteiger charge is -2.08. The van der Waals surface area contributed by atoms with Crippen molar-refractivity contribution in [1.29, 1.82) is 0 Å². The Morgan fingerprint density at radius 2 is 2.00 bits per heavy atom. The van der Waals surface area contributed by atoms with Crippen LogP contribution in [-0.4, -0.2) is 21.0 Å². The van der Waals surface area contributed by atoms with E-state index >= 15 is 0 Å². The number of anilines is 2. The zero-order chi connectivity index (χ0) is 14.0. The summed E-state index contributed by atoms with van der Waals surface area (Å²) in [6, 6.07) is 7.13. The van der Waals surface area contributed by atoms with Gasteiger partial charge in [0.2, 0.25) is 5.95 Å². The molecule has 0 unspecified atom stereocenters. The Morgan fingerprint density at radius 3 is 2.63 bits per heavy atom. The molecule has 1 aromatic carbocycles. The van der Waals surface area contributed by atoms with Crippen LogP contribution in [0.2, 0.25) is 0 Å². The van der Waals surface area contributed by atoms with E-state index in [1.165, 1.54) is 6.07 Å². The smallest absolute Gasteiger partial charge is 0.354 e. The van der Waals surface area contributed by atoms with Gasteiger partial charge in [0.1, 0.15) is 0 Å². The predicted molar refractivity (Wildman–Crippen MR) is 75.9 cm³/mol. The molecule has 0 aliphatic heterocycles. The molecule has 2 rings (SSSR count). The third-order valence-electron chi connectivity index (χ3n) is 2.49. The highest BCUT2D eigenvalue weighted by molar-refractivity contribution is 9.10. The maximum absolute atomic E-state index is 10.9. The number of hydrogen-bond acceptors (Lipinski definition) is 4. The molecule has 1 heterocycles. The molecule has 98 valence electrons. The molecule has 0 saturated carbocycles. The molecule has 6 heteroatoms. The Kier molecular flexibility index (Phi) is 3.80. The van der Waals surface area contributed by atoms with Crippen LogP contribution >= 0.6 is 15.9 Å². The SMILES string of the molecule is Cc1cc(C(=O)O)nc(Nc2ccc(Br)c(C)c2)n1. The van der Waals surface area contributed by atoms with E-state index < -0.39 is 5.97 Å². The minimum atomic E-state index is -1.07. The number of rotatable bonds is 3. The summed E-state index contributed by atoms with van der Waals surface area (Å²) in [5.41, 5.74) is 2.45. The molecule has 0 aliphatic carbocycles. The highest BCUT2D eigenvalue weighted by Gasteiger charge is 2.09. The molecule has 0 aliphatic rings. The van der Waals surface area contributed by atoms with Crippen molar-refractivity contribution in [1.82, 2.24) is 9.97 Å². The van der Waals surface area contributed by atoms with E-state index in [-0.39, 0.29) is 11.6 Å².